The molecule has 0 aromatic heterocycles. The van der Waals surface area contributed by atoms with Crippen molar-refractivity contribution in [3.8, 4) is 0 Å². The third-order valence-electron chi connectivity index (χ3n) is 4.33. The fourth-order valence-electron chi connectivity index (χ4n) is 3.29. The maximum atomic E-state index is 11.8. The number of hydrogen-bond donors (Lipinski definition) is 1. The maximum Gasteiger partial charge on any atom is 0.214 e. The average Bonchev–Trinajstić information content (AvgIpc) is 2.25. The Kier molecular flexibility index (Phi) is 4.31. The molecule has 2 aliphatic heterocycles. The van der Waals surface area contributed by atoms with Crippen molar-refractivity contribution in [1.82, 2.24) is 9.21 Å². The van der Waals surface area contributed by atoms with Crippen molar-refractivity contribution in [3.05, 3.63) is 0 Å². The topological polar surface area (TPSA) is 66.6 Å². The number of nitrogens with two attached hydrogens (primary N) is 1. The highest BCUT2D eigenvalue weighted by Crippen LogP contribution is 2.33. The van der Waals surface area contributed by atoms with Crippen molar-refractivity contribution in [2.45, 2.75) is 50.2 Å². The molecule has 2 saturated heterocycles. The molecule has 106 valence electrons. The van der Waals surface area contributed by atoms with Crippen LogP contribution in [0.5, 0.6) is 0 Å². The van der Waals surface area contributed by atoms with Gasteiger partial charge in [-0.05, 0) is 25.7 Å². The van der Waals surface area contributed by atoms with Gasteiger partial charge in [0.05, 0.1) is 5.75 Å². The number of fused-ring (bicyclic) bond motifs is 2. The molecule has 2 unspecified atom stereocenters. The lowest BCUT2D eigenvalue weighted by Crippen LogP contribution is -2.56. The van der Waals surface area contributed by atoms with Crippen molar-refractivity contribution in [2.24, 2.45) is 5.73 Å². The largest absolute Gasteiger partial charge is 0.328 e. The van der Waals surface area contributed by atoms with E-state index in [0.29, 0.717) is 24.7 Å². The number of rotatable bonds is 4. The zero-order chi connectivity index (χ0) is 13.3. The van der Waals surface area contributed by atoms with Gasteiger partial charge in [0.25, 0.3) is 0 Å². The van der Waals surface area contributed by atoms with Crippen LogP contribution in [0.15, 0.2) is 0 Å². The summed E-state index contributed by atoms with van der Waals surface area (Å²) < 4.78 is 25.0. The first kappa shape index (κ1) is 14.2. The van der Waals surface area contributed by atoms with Crippen LogP contribution in [0.1, 0.15) is 32.1 Å². The van der Waals surface area contributed by atoms with Crippen molar-refractivity contribution in [3.63, 3.8) is 0 Å². The average molecular weight is 275 g/mol. The number of hydrogen-bond acceptors (Lipinski definition) is 4. The molecular weight excluding hydrogens is 250 g/mol. The minimum atomic E-state index is -3.08. The van der Waals surface area contributed by atoms with E-state index < -0.39 is 10.0 Å². The fourth-order valence-corrected chi connectivity index (χ4v) is 4.10. The number of piperidine rings is 2. The Hall–Kier alpha value is -0.170. The molecule has 6 heteroatoms. The Morgan fingerprint density at radius 2 is 1.78 bits per heavy atom. The minimum absolute atomic E-state index is 0.224. The highest BCUT2D eigenvalue weighted by molar-refractivity contribution is 7.89. The molecule has 2 bridgehead atoms. The number of sulfonamides is 1. The molecule has 2 fully saturated rings. The summed E-state index contributed by atoms with van der Waals surface area (Å²) in [4.78, 5) is 2.40. The molecule has 5 nitrogen and oxygen atoms in total. The van der Waals surface area contributed by atoms with Crippen molar-refractivity contribution >= 4 is 10.0 Å². The zero-order valence-electron chi connectivity index (χ0n) is 11.4. The maximum absolute atomic E-state index is 11.8. The third kappa shape index (κ3) is 3.04. The number of nitrogens with zero attached hydrogens (tertiary/aromatic N) is 2. The summed E-state index contributed by atoms with van der Waals surface area (Å²) in [5.41, 5.74) is 6.06. The highest BCUT2D eigenvalue weighted by atomic mass is 32.2. The van der Waals surface area contributed by atoms with E-state index >= 15 is 0 Å². The van der Waals surface area contributed by atoms with Crippen LogP contribution in [0.25, 0.3) is 0 Å². The molecular formula is C12H25N3O2S. The van der Waals surface area contributed by atoms with E-state index in [1.165, 1.54) is 23.6 Å². The molecule has 0 amide bonds. The molecule has 0 aromatic rings. The molecule has 2 rings (SSSR count). The Morgan fingerprint density at radius 1 is 1.22 bits per heavy atom. The second kappa shape index (κ2) is 5.45. The van der Waals surface area contributed by atoms with Crippen LogP contribution in [0.4, 0.5) is 0 Å². The minimum Gasteiger partial charge on any atom is -0.328 e. The standard InChI is InChI=1S/C12H25N3O2S/c1-14(2)18(16,17)7-6-15-11-4-3-5-12(15)9-10(13)8-11/h10-12H,3-9,13H2,1-2H3. The molecule has 2 N–H and O–H groups in total. The van der Waals surface area contributed by atoms with Crippen LogP contribution >= 0.6 is 0 Å². The van der Waals surface area contributed by atoms with Crippen molar-refractivity contribution in [2.75, 3.05) is 26.4 Å². The van der Waals surface area contributed by atoms with Gasteiger partial charge in [0.1, 0.15) is 0 Å². The zero-order valence-corrected chi connectivity index (χ0v) is 12.2. The summed E-state index contributed by atoms with van der Waals surface area (Å²) >= 11 is 0. The lowest BCUT2D eigenvalue weighted by atomic mass is 9.82. The van der Waals surface area contributed by atoms with Gasteiger partial charge in [-0.1, -0.05) is 6.42 Å². The molecule has 0 aliphatic carbocycles. The summed E-state index contributed by atoms with van der Waals surface area (Å²) in [6, 6.07) is 1.32. The molecule has 0 spiro atoms. The van der Waals surface area contributed by atoms with E-state index in [-0.39, 0.29) is 5.75 Å². The summed E-state index contributed by atoms with van der Waals surface area (Å²) in [7, 11) is 0.117. The monoisotopic (exact) mass is 275 g/mol. The van der Waals surface area contributed by atoms with Gasteiger partial charge in [-0.15, -0.1) is 0 Å². The predicted octanol–water partition coefficient (Wildman–Crippen LogP) is 0.222. The first-order chi connectivity index (χ1) is 8.40. The molecule has 0 saturated carbocycles. The quantitative estimate of drug-likeness (QED) is 0.797. The summed E-state index contributed by atoms with van der Waals surface area (Å²) in [6.45, 7) is 0.655. The first-order valence-corrected chi connectivity index (χ1v) is 8.42. The van der Waals surface area contributed by atoms with Crippen LogP contribution in [0.2, 0.25) is 0 Å². The van der Waals surface area contributed by atoms with E-state index in [1.54, 1.807) is 14.1 Å². The normalized spacial score (nSPS) is 33.9. The SMILES string of the molecule is CN(C)S(=O)(=O)CCN1C2CCCC1CC(N)C2. The van der Waals surface area contributed by atoms with Gasteiger partial charge in [-0.25, -0.2) is 12.7 Å². The van der Waals surface area contributed by atoms with Gasteiger partial charge < -0.3 is 5.73 Å². The van der Waals surface area contributed by atoms with Crippen molar-refractivity contribution in [1.29, 1.82) is 0 Å². The highest BCUT2D eigenvalue weighted by Gasteiger charge is 2.37. The Labute approximate surface area is 110 Å². The summed E-state index contributed by atoms with van der Waals surface area (Å²) in [6.07, 6.45) is 5.66. The van der Waals surface area contributed by atoms with Gasteiger partial charge in [-0.2, -0.15) is 0 Å². The summed E-state index contributed by atoms with van der Waals surface area (Å²) in [5.74, 6) is 0.224. The molecule has 0 radical (unpaired) electrons. The molecule has 0 aromatic carbocycles. The van der Waals surface area contributed by atoms with Crippen LogP contribution in [0, 0.1) is 0 Å². The fraction of sp³-hybridized carbons (Fsp3) is 1.00. The van der Waals surface area contributed by atoms with Crippen LogP contribution in [-0.2, 0) is 10.0 Å². The van der Waals surface area contributed by atoms with E-state index in [0.717, 1.165) is 12.8 Å². The molecule has 2 aliphatic rings. The van der Waals surface area contributed by atoms with Gasteiger partial charge >= 0.3 is 0 Å². The Balaban J connectivity index is 1.97. The lowest BCUT2D eigenvalue weighted by Gasteiger charge is -2.48. The van der Waals surface area contributed by atoms with Crippen molar-refractivity contribution < 1.29 is 8.42 Å². The van der Waals surface area contributed by atoms with Gasteiger partial charge in [0.2, 0.25) is 10.0 Å². The van der Waals surface area contributed by atoms with Gasteiger partial charge in [0.15, 0.2) is 0 Å². The summed E-state index contributed by atoms with van der Waals surface area (Å²) in [5, 5.41) is 0. The van der Waals surface area contributed by atoms with E-state index in [1.807, 2.05) is 0 Å². The lowest BCUT2D eigenvalue weighted by molar-refractivity contribution is 0.0372. The van der Waals surface area contributed by atoms with Crippen LogP contribution < -0.4 is 5.73 Å². The second-order valence-electron chi connectivity index (χ2n) is 5.81. The van der Waals surface area contributed by atoms with Crippen LogP contribution in [0.3, 0.4) is 0 Å². The Bertz CT molecular complexity index is 369. The van der Waals surface area contributed by atoms with E-state index in [4.69, 9.17) is 5.73 Å². The second-order valence-corrected chi connectivity index (χ2v) is 8.11. The first-order valence-electron chi connectivity index (χ1n) is 6.81. The van der Waals surface area contributed by atoms with E-state index in [2.05, 4.69) is 4.90 Å². The smallest absolute Gasteiger partial charge is 0.214 e. The molecule has 18 heavy (non-hydrogen) atoms. The van der Waals surface area contributed by atoms with E-state index in [9.17, 15) is 8.42 Å². The van der Waals surface area contributed by atoms with Crippen LogP contribution in [-0.4, -0.2) is 62.1 Å². The van der Waals surface area contributed by atoms with Gasteiger partial charge in [0, 0.05) is 38.8 Å². The molecule has 2 atom stereocenters. The van der Waals surface area contributed by atoms with Gasteiger partial charge in [-0.3, -0.25) is 4.90 Å². The predicted molar refractivity (Wildman–Crippen MR) is 72.8 cm³/mol. The Morgan fingerprint density at radius 3 is 2.28 bits per heavy atom. The molecule has 2 heterocycles. The third-order valence-corrected chi connectivity index (χ3v) is 6.14.